The van der Waals surface area contributed by atoms with Crippen molar-refractivity contribution in [1.82, 2.24) is 10.2 Å². The van der Waals surface area contributed by atoms with Gasteiger partial charge in [-0.25, -0.2) is 17.6 Å². The van der Waals surface area contributed by atoms with Crippen molar-refractivity contribution in [1.29, 1.82) is 0 Å². The fourth-order valence-electron chi connectivity index (χ4n) is 3.04. The molecule has 1 atom stereocenters. The summed E-state index contributed by atoms with van der Waals surface area (Å²) in [5.74, 6) is -1.43. The lowest BCUT2D eigenvalue weighted by Crippen LogP contribution is -2.49. The van der Waals surface area contributed by atoms with Crippen LogP contribution in [-0.4, -0.2) is 37.6 Å². The average Bonchev–Trinajstić information content (AvgIpc) is 2.69. The average molecular weight is 326 g/mol. The van der Waals surface area contributed by atoms with Gasteiger partial charge in [0.05, 0.1) is 10.6 Å². The van der Waals surface area contributed by atoms with E-state index in [1.807, 2.05) is 6.92 Å². The molecule has 1 unspecified atom stereocenters. The van der Waals surface area contributed by atoms with Crippen LogP contribution in [0.2, 0.25) is 0 Å². The SMILES string of the molecule is CCCN1C(=O)NC2(CCS(=O)(=O)c3ccc(F)cc32)C1=O. The number of nitrogens with zero attached hydrogens (tertiary/aromatic N) is 1. The van der Waals surface area contributed by atoms with Gasteiger partial charge in [-0.15, -0.1) is 0 Å². The van der Waals surface area contributed by atoms with E-state index in [1.165, 1.54) is 0 Å². The van der Waals surface area contributed by atoms with Crippen LogP contribution in [0.4, 0.5) is 9.18 Å². The van der Waals surface area contributed by atoms with Gasteiger partial charge >= 0.3 is 6.03 Å². The van der Waals surface area contributed by atoms with Crippen molar-refractivity contribution in [3.63, 3.8) is 0 Å². The lowest BCUT2D eigenvalue weighted by Gasteiger charge is -2.33. The zero-order valence-corrected chi connectivity index (χ0v) is 12.7. The Labute approximate surface area is 127 Å². The molecule has 118 valence electrons. The van der Waals surface area contributed by atoms with Crippen molar-refractivity contribution in [2.24, 2.45) is 0 Å². The highest BCUT2D eigenvalue weighted by molar-refractivity contribution is 7.91. The van der Waals surface area contributed by atoms with Gasteiger partial charge in [0.15, 0.2) is 9.84 Å². The van der Waals surface area contributed by atoms with Gasteiger partial charge in [0.2, 0.25) is 0 Å². The maximum Gasteiger partial charge on any atom is 0.325 e. The van der Waals surface area contributed by atoms with Crippen LogP contribution in [0, 0.1) is 5.82 Å². The van der Waals surface area contributed by atoms with Gasteiger partial charge in [-0.2, -0.15) is 0 Å². The van der Waals surface area contributed by atoms with E-state index in [0.717, 1.165) is 23.1 Å². The Hall–Kier alpha value is -1.96. The molecular formula is C14H15FN2O4S. The fraction of sp³-hybridized carbons (Fsp3) is 0.429. The summed E-state index contributed by atoms with van der Waals surface area (Å²) in [6, 6.07) is 2.66. The van der Waals surface area contributed by atoms with E-state index in [1.54, 1.807) is 0 Å². The van der Waals surface area contributed by atoms with E-state index < -0.39 is 33.1 Å². The Morgan fingerprint density at radius 1 is 1.36 bits per heavy atom. The molecule has 1 N–H and O–H groups in total. The lowest BCUT2D eigenvalue weighted by atomic mass is 9.86. The Morgan fingerprint density at radius 2 is 2.09 bits per heavy atom. The molecule has 0 radical (unpaired) electrons. The minimum absolute atomic E-state index is 0.0238. The summed E-state index contributed by atoms with van der Waals surface area (Å²) >= 11 is 0. The summed E-state index contributed by atoms with van der Waals surface area (Å²) in [5, 5.41) is 2.58. The minimum Gasteiger partial charge on any atom is -0.319 e. The Bertz CT molecular complexity index is 777. The number of sulfone groups is 1. The molecule has 0 saturated carbocycles. The van der Waals surface area contributed by atoms with Crippen LogP contribution in [0.25, 0.3) is 0 Å². The molecule has 3 rings (SSSR count). The van der Waals surface area contributed by atoms with E-state index in [0.29, 0.717) is 6.42 Å². The quantitative estimate of drug-likeness (QED) is 0.653. The van der Waals surface area contributed by atoms with Crippen LogP contribution in [0.1, 0.15) is 25.3 Å². The van der Waals surface area contributed by atoms with Crippen LogP contribution in [0.3, 0.4) is 0 Å². The summed E-state index contributed by atoms with van der Waals surface area (Å²) in [6.45, 7) is 2.06. The number of urea groups is 1. The van der Waals surface area contributed by atoms with Gasteiger partial charge in [-0.3, -0.25) is 9.69 Å². The lowest BCUT2D eigenvalue weighted by molar-refractivity contribution is -0.131. The molecule has 1 aromatic carbocycles. The summed E-state index contributed by atoms with van der Waals surface area (Å²) in [4.78, 5) is 25.7. The number of fused-ring (bicyclic) bond motifs is 2. The van der Waals surface area contributed by atoms with Gasteiger partial charge in [-0.1, -0.05) is 6.92 Å². The molecule has 2 aliphatic rings. The van der Waals surface area contributed by atoms with Crippen molar-refractivity contribution >= 4 is 21.8 Å². The molecule has 1 saturated heterocycles. The molecule has 2 heterocycles. The molecule has 3 amide bonds. The predicted molar refractivity (Wildman–Crippen MR) is 75.3 cm³/mol. The van der Waals surface area contributed by atoms with Crippen LogP contribution in [0.5, 0.6) is 0 Å². The molecule has 2 aliphatic heterocycles. The molecule has 0 aromatic heterocycles. The Kier molecular flexibility index (Phi) is 3.24. The standard InChI is InChI=1S/C14H15FN2O4S/c1-2-6-17-12(18)14(16-13(17)19)5-7-22(20,21)11-4-3-9(15)8-10(11)14/h3-4,8H,2,5-7H2,1H3,(H,16,19). The molecule has 1 spiro atoms. The molecular weight excluding hydrogens is 311 g/mol. The van der Waals surface area contributed by atoms with Crippen molar-refractivity contribution in [3.05, 3.63) is 29.6 Å². The third kappa shape index (κ3) is 1.93. The third-order valence-corrected chi connectivity index (χ3v) is 5.87. The molecule has 0 bridgehead atoms. The van der Waals surface area contributed by atoms with E-state index in [-0.39, 0.29) is 29.2 Å². The second-order valence-electron chi connectivity index (χ2n) is 5.50. The Morgan fingerprint density at radius 3 is 2.77 bits per heavy atom. The fourth-order valence-corrected chi connectivity index (χ4v) is 4.68. The number of rotatable bonds is 2. The monoisotopic (exact) mass is 326 g/mol. The molecule has 6 nitrogen and oxygen atoms in total. The number of halogens is 1. The first-order valence-electron chi connectivity index (χ1n) is 6.99. The maximum atomic E-state index is 13.6. The highest BCUT2D eigenvalue weighted by Crippen LogP contribution is 2.41. The topological polar surface area (TPSA) is 83.6 Å². The predicted octanol–water partition coefficient (Wildman–Crippen LogP) is 1.16. The normalized spacial score (nSPS) is 26.2. The molecule has 0 aliphatic carbocycles. The molecule has 1 aromatic rings. The van der Waals surface area contributed by atoms with Gasteiger partial charge < -0.3 is 5.32 Å². The maximum absolute atomic E-state index is 13.6. The first-order valence-corrected chi connectivity index (χ1v) is 8.64. The first kappa shape index (κ1) is 15.0. The zero-order chi connectivity index (χ0) is 16.1. The molecule has 22 heavy (non-hydrogen) atoms. The van der Waals surface area contributed by atoms with Crippen molar-refractivity contribution in [2.75, 3.05) is 12.3 Å². The number of benzene rings is 1. The zero-order valence-electron chi connectivity index (χ0n) is 11.9. The summed E-state index contributed by atoms with van der Waals surface area (Å²) in [6.07, 6.45) is 0.500. The van der Waals surface area contributed by atoms with Gasteiger partial charge in [0.1, 0.15) is 11.4 Å². The summed E-state index contributed by atoms with van der Waals surface area (Å²) in [7, 11) is -3.58. The largest absolute Gasteiger partial charge is 0.325 e. The van der Waals surface area contributed by atoms with Crippen LogP contribution in [-0.2, 0) is 20.2 Å². The number of amides is 3. The summed E-state index contributed by atoms with van der Waals surface area (Å²) in [5.41, 5.74) is -1.45. The first-order chi connectivity index (χ1) is 10.3. The minimum atomic E-state index is -3.58. The Balaban J connectivity index is 2.20. The van der Waals surface area contributed by atoms with Crippen LogP contribution >= 0.6 is 0 Å². The van der Waals surface area contributed by atoms with E-state index in [2.05, 4.69) is 5.32 Å². The van der Waals surface area contributed by atoms with Gasteiger partial charge in [-0.05, 0) is 31.0 Å². The van der Waals surface area contributed by atoms with E-state index >= 15 is 0 Å². The van der Waals surface area contributed by atoms with Crippen molar-refractivity contribution in [3.8, 4) is 0 Å². The van der Waals surface area contributed by atoms with Gasteiger partial charge in [0, 0.05) is 12.1 Å². The summed E-state index contributed by atoms with van der Waals surface area (Å²) < 4.78 is 37.9. The highest BCUT2D eigenvalue weighted by atomic mass is 32.2. The number of carbonyl (C=O) groups is 2. The van der Waals surface area contributed by atoms with E-state index in [9.17, 15) is 22.4 Å². The van der Waals surface area contributed by atoms with Crippen LogP contribution < -0.4 is 5.32 Å². The molecule has 1 fully saturated rings. The number of hydrogen-bond acceptors (Lipinski definition) is 4. The smallest absolute Gasteiger partial charge is 0.319 e. The number of hydrogen-bond donors (Lipinski definition) is 1. The number of imide groups is 1. The third-order valence-electron chi connectivity index (χ3n) is 4.11. The van der Waals surface area contributed by atoms with Crippen LogP contribution in [0.15, 0.2) is 23.1 Å². The highest BCUT2D eigenvalue weighted by Gasteiger charge is 2.56. The number of carbonyl (C=O) groups excluding carboxylic acids is 2. The van der Waals surface area contributed by atoms with Crippen molar-refractivity contribution in [2.45, 2.75) is 30.2 Å². The van der Waals surface area contributed by atoms with Crippen molar-refractivity contribution < 1.29 is 22.4 Å². The second-order valence-corrected chi connectivity index (χ2v) is 7.58. The second kappa shape index (κ2) is 4.77. The number of nitrogens with one attached hydrogen (secondary N) is 1. The van der Waals surface area contributed by atoms with E-state index in [4.69, 9.17) is 0 Å². The molecule has 8 heteroatoms. The van der Waals surface area contributed by atoms with Gasteiger partial charge in [0.25, 0.3) is 5.91 Å².